The Morgan fingerprint density at radius 3 is 1.09 bits per heavy atom. The monoisotopic (exact) mass is 530 g/mol. The Morgan fingerprint density at radius 2 is 0.853 bits per heavy atom. The van der Waals surface area contributed by atoms with Crippen LogP contribution in [0.25, 0.3) is 0 Å². The van der Waals surface area contributed by atoms with E-state index in [1.165, 1.54) is 0 Å². The summed E-state index contributed by atoms with van der Waals surface area (Å²) in [6.45, 7) is -2.07. The molecule has 14 heteroatoms. The van der Waals surface area contributed by atoms with Crippen LogP contribution in [0.5, 0.6) is 0 Å². The molecule has 0 heterocycles. The van der Waals surface area contributed by atoms with Crippen molar-refractivity contribution >= 4 is 20.2 Å². The summed E-state index contributed by atoms with van der Waals surface area (Å²) in [6.07, 6.45) is 0. The number of hydrogen-bond donors (Lipinski definition) is 0. The Labute approximate surface area is 190 Å². The molecule has 2 atom stereocenters. The van der Waals surface area contributed by atoms with Gasteiger partial charge in [0.15, 0.2) is 0 Å². The SMILES string of the molecule is O=S(=O)(OC[C@@H]1C2c3ccccc3C(c3ccccc32)[C@H]1COS(=O)(=O)C(F)(F)F)C(F)(F)F. The number of alkyl halides is 6. The first kappa shape index (κ1) is 24.9. The van der Waals surface area contributed by atoms with E-state index < -0.39 is 68.1 Å². The van der Waals surface area contributed by atoms with Gasteiger partial charge >= 0.3 is 31.3 Å². The highest BCUT2D eigenvalue weighted by Crippen LogP contribution is 2.58. The van der Waals surface area contributed by atoms with Gasteiger partial charge in [-0.2, -0.15) is 43.2 Å². The summed E-state index contributed by atoms with van der Waals surface area (Å²) >= 11 is 0. The predicted molar refractivity (Wildman–Crippen MR) is 105 cm³/mol. The van der Waals surface area contributed by atoms with Crippen LogP contribution in [0.15, 0.2) is 48.5 Å². The molecule has 0 aliphatic heterocycles. The van der Waals surface area contributed by atoms with Crippen LogP contribution in [0.3, 0.4) is 0 Å². The highest BCUT2D eigenvalue weighted by molar-refractivity contribution is 7.87. The summed E-state index contributed by atoms with van der Waals surface area (Å²) in [4.78, 5) is 0. The van der Waals surface area contributed by atoms with E-state index in [0.717, 1.165) is 0 Å². The molecular weight excluding hydrogens is 514 g/mol. The van der Waals surface area contributed by atoms with Gasteiger partial charge in [0, 0.05) is 23.7 Å². The molecule has 5 rings (SSSR count). The van der Waals surface area contributed by atoms with Crippen molar-refractivity contribution in [1.82, 2.24) is 0 Å². The summed E-state index contributed by atoms with van der Waals surface area (Å²) in [5.41, 5.74) is -8.86. The van der Waals surface area contributed by atoms with Gasteiger partial charge in [-0.05, 0) is 22.3 Å². The van der Waals surface area contributed by atoms with Crippen LogP contribution in [0.1, 0.15) is 34.1 Å². The molecule has 0 amide bonds. The van der Waals surface area contributed by atoms with Crippen molar-refractivity contribution < 1.29 is 51.5 Å². The van der Waals surface area contributed by atoms with Crippen molar-refractivity contribution in [1.29, 1.82) is 0 Å². The molecule has 0 saturated carbocycles. The van der Waals surface area contributed by atoms with Crippen molar-refractivity contribution in [3.8, 4) is 0 Å². The first-order chi connectivity index (χ1) is 15.7. The van der Waals surface area contributed by atoms with Gasteiger partial charge in [0.05, 0.1) is 13.2 Å². The Bertz CT molecular complexity index is 1160. The lowest BCUT2D eigenvalue weighted by atomic mass is 9.54. The molecule has 0 spiro atoms. The number of fused-ring (bicyclic) bond motifs is 1. The van der Waals surface area contributed by atoms with Crippen LogP contribution in [0.4, 0.5) is 26.3 Å². The normalized spacial score (nSPS) is 24.5. The first-order valence-electron chi connectivity index (χ1n) is 9.75. The van der Waals surface area contributed by atoms with E-state index in [-0.39, 0.29) is 0 Å². The topological polar surface area (TPSA) is 86.7 Å². The zero-order valence-electron chi connectivity index (χ0n) is 16.9. The minimum Gasteiger partial charge on any atom is -0.263 e. The highest BCUT2D eigenvalue weighted by Gasteiger charge is 2.54. The Balaban J connectivity index is 1.79. The lowest BCUT2D eigenvalue weighted by molar-refractivity contribution is -0.0591. The maximum Gasteiger partial charge on any atom is 0.523 e. The van der Waals surface area contributed by atoms with E-state index >= 15 is 0 Å². The maximum atomic E-state index is 12.8. The number of rotatable bonds is 6. The third-order valence-electron chi connectivity index (χ3n) is 6.14. The molecule has 0 fully saturated rings. The summed E-state index contributed by atoms with van der Waals surface area (Å²) in [6, 6.07) is 13.3. The van der Waals surface area contributed by atoms with Crippen molar-refractivity contribution in [3.63, 3.8) is 0 Å². The molecule has 2 bridgehead atoms. The van der Waals surface area contributed by atoms with E-state index in [0.29, 0.717) is 22.3 Å². The average molecular weight is 530 g/mol. The second kappa shape index (κ2) is 8.21. The van der Waals surface area contributed by atoms with Crippen LogP contribution in [-0.4, -0.2) is 41.1 Å². The lowest BCUT2D eigenvalue weighted by Gasteiger charge is -2.50. The predicted octanol–water partition coefficient (Wildman–Crippen LogP) is 4.24. The van der Waals surface area contributed by atoms with Gasteiger partial charge in [-0.25, -0.2) is 0 Å². The van der Waals surface area contributed by atoms with Gasteiger partial charge in [-0.15, -0.1) is 0 Å². The zero-order chi connectivity index (χ0) is 25.1. The van der Waals surface area contributed by atoms with Gasteiger partial charge in [-0.1, -0.05) is 48.5 Å². The van der Waals surface area contributed by atoms with E-state index in [1.807, 2.05) is 0 Å². The number of halogens is 6. The maximum absolute atomic E-state index is 12.8. The molecule has 2 aromatic carbocycles. The largest absolute Gasteiger partial charge is 0.523 e. The smallest absolute Gasteiger partial charge is 0.263 e. The van der Waals surface area contributed by atoms with Crippen molar-refractivity contribution in [2.75, 3.05) is 13.2 Å². The summed E-state index contributed by atoms with van der Waals surface area (Å²) < 4.78 is 132. The fraction of sp³-hybridized carbons (Fsp3) is 0.400. The molecular formula is C20H16F6O6S2. The Kier molecular flexibility index (Phi) is 6.02. The Morgan fingerprint density at radius 1 is 0.588 bits per heavy atom. The molecule has 34 heavy (non-hydrogen) atoms. The van der Waals surface area contributed by atoms with Gasteiger partial charge in [0.2, 0.25) is 0 Å². The minimum absolute atomic E-state index is 0.638. The van der Waals surface area contributed by atoms with Crippen LogP contribution in [-0.2, 0) is 28.6 Å². The minimum atomic E-state index is -6.00. The van der Waals surface area contributed by atoms with Crippen molar-refractivity contribution in [2.45, 2.75) is 22.9 Å². The first-order valence-corrected chi connectivity index (χ1v) is 12.6. The molecule has 0 aromatic heterocycles. The van der Waals surface area contributed by atoms with Crippen LogP contribution >= 0.6 is 0 Å². The van der Waals surface area contributed by atoms with Crippen LogP contribution in [0.2, 0.25) is 0 Å². The number of hydrogen-bond acceptors (Lipinski definition) is 6. The fourth-order valence-electron chi connectivity index (χ4n) is 4.82. The van der Waals surface area contributed by atoms with Crippen LogP contribution < -0.4 is 0 Å². The van der Waals surface area contributed by atoms with E-state index in [2.05, 4.69) is 8.37 Å². The average Bonchev–Trinajstić information content (AvgIpc) is 2.74. The molecule has 0 radical (unpaired) electrons. The summed E-state index contributed by atoms with van der Waals surface area (Å²) in [7, 11) is -12.0. The summed E-state index contributed by atoms with van der Waals surface area (Å²) in [5, 5.41) is 0. The second-order valence-corrected chi connectivity index (χ2v) is 11.1. The van der Waals surface area contributed by atoms with Gasteiger partial charge in [0.1, 0.15) is 0 Å². The lowest BCUT2D eigenvalue weighted by Crippen LogP contribution is -2.45. The molecule has 0 N–H and O–H groups in total. The second-order valence-electron chi connectivity index (χ2n) is 7.91. The molecule has 3 aliphatic carbocycles. The zero-order valence-corrected chi connectivity index (χ0v) is 18.5. The molecule has 3 aliphatic rings. The third kappa shape index (κ3) is 4.10. The molecule has 0 unspecified atom stereocenters. The fourth-order valence-corrected chi connectivity index (χ4v) is 5.76. The van der Waals surface area contributed by atoms with Gasteiger partial charge in [0.25, 0.3) is 0 Å². The molecule has 6 nitrogen and oxygen atoms in total. The highest BCUT2D eigenvalue weighted by atomic mass is 32.2. The molecule has 2 aromatic rings. The van der Waals surface area contributed by atoms with Crippen LogP contribution in [0, 0.1) is 11.8 Å². The van der Waals surface area contributed by atoms with Gasteiger partial charge in [-0.3, -0.25) is 8.37 Å². The quantitative estimate of drug-likeness (QED) is 0.316. The standard InChI is InChI=1S/C20H16F6O6S2/c21-19(22,23)33(27,28)31-9-15-16(10-32-34(29,30)20(24,25)26)18-12-6-2-1-5-11(12)17(15)13-7-3-4-8-14(13)18/h1-8,15-18H,9-10H2/t15-,16-,17?,18?/m0/s1. The molecule has 186 valence electrons. The summed E-state index contributed by atoms with van der Waals surface area (Å²) in [5.74, 6) is -3.78. The van der Waals surface area contributed by atoms with Gasteiger partial charge < -0.3 is 0 Å². The van der Waals surface area contributed by atoms with E-state index in [4.69, 9.17) is 0 Å². The molecule has 0 saturated heterocycles. The van der Waals surface area contributed by atoms with Crippen molar-refractivity contribution in [3.05, 3.63) is 70.8 Å². The van der Waals surface area contributed by atoms with Crippen molar-refractivity contribution in [2.24, 2.45) is 11.8 Å². The Hall–Kier alpha value is -2.16. The number of benzene rings is 2. The third-order valence-corrected chi connectivity index (χ3v) is 8.16. The van der Waals surface area contributed by atoms with E-state index in [1.54, 1.807) is 48.5 Å². The van der Waals surface area contributed by atoms with E-state index in [9.17, 15) is 43.2 Å².